The molecule has 1 aromatic heterocycles. The molecule has 0 aromatic carbocycles. The second-order valence-corrected chi connectivity index (χ2v) is 5.19. The fraction of sp³-hybridized carbons (Fsp3) is 0.667. The molecule has 0 aliphatic rings. The van der Waals surface area contributed by atoms with E-state index in [1.54, 1.807) is 12.4 Å². The first-order valence-electron chi connectivity index (χ1n) is 5.34. The van der Waals surface area contributed by atoms with E-state index in [1.165, 1.54) is 6.33 Å². The summed E-state index contributed by atoms with van der Waals surface area (Å²) in [5.74, 6) is 0.452. The molecule has 1 N–H and O–H groups in total. The van der Waals surface area contributed by atoms with Gasteiger partial charge in [-0.3, -0.25) is 0 Å². The van der Waals surface area contributed by atoms with E-state index < -0.39 is 6.10 Å². The molecule has 0 aliphatic heterocycles. The molecule has 0 aliphatic carbocycles. The van der Waals surface area contributed by atoms with Gasteiger partial charge in [0.25, 0.3) is 0 Å². The maximum atomic E-state index is 9.97. The predicted octanol–water partition coefficient (Wildman–Crippen LogP) is 2.58. The summed E-state index contributed by atoms with van der Waals surface area (Å²) in [6.45, 7) is 8.72. The molecule has 2 unspecified atom stereocenters. The minimum atomic E-state index is -0.458. The van der Waals surface area contributed by atoms with E-state index in [4.69, 9.17) is 0 Å². The Morgan fingerprint density at radius 3 is 2.27 bits per heavy atom. The van der Waals surface area contributed by atoms with Crippen molar-refractivity contribution in [1.82, 2.24) is 9.97 Å². The van der Waals surface area contributed by atoms with Crippen molar-refractivity contribution < 1.29 is 5.11 Å². The van der Waals surface area contributed by atoms with Gasteiger partial charge in [0.2, 0.25) is 0 Å². The standard InChI is InChI=1S/C12H20N2O/c1-9(12(2,3)4)5-11(15)10-6-13-8-14-7-10/h6-9,11,15H,5H2,1-4H3. The van der Waals surface area contributed by atoms with E-state index in [1.807, 2.05) is 0 Å². The first kappa shape index (κ1) is 12.1. The molecular weight excluding hydrogens is 188 g/mol. The van der Waals surface area contributed by atoms with Gasteiger partial charge in [0.15, 0.2) is 0 Å². The molecule has 0 bridgehead atoms. The second-order valence-electron chi connectivity index (χ2n) is 5.19. The minimum Gasteiger partial charge on any atom is -0.388 e. The fourth-order valence-corrected chi connectivity index (χ4v) is 1.31. The molecule has 15 heavy (non-hydrogen) atoms. The molecule has 1 rings (SSSR count). The predicted molar refractivity (Wildman–Crippen MR) is 60.2 cm³/mol. The van der Waals surface area contributed by atoms with Crippen LogP contribution in [0, 0.1) is 11.3 Å². The first-order valence-corrected chi connectivity index (χ1v) is 5.34. The van der Waals surface area contributed by atoms with Gasteiger partial charge in [-0.25, -0.2) is 9.97 Å². The lowest BCUT2D eigenvalue weighted by atomic mass is 9.78. The van der Waals surface area contributed by atoms with Gasteiger partial charge in [0.1, 0.15) is 6.33 Å². The normalized spacial score (nSPS) is 16.1. The highest BCUT2D eigenvalue weighted by Gasteiger charge is 2.23. The number of aliphatic hydroxyl groups is 1. The molecule has 1 aromatic rings. The number of hydrogen-bond donors (Lipinski definition) is 1. The van der Waals surface area contributed by atoms with Crippen LogP contribution in [0.1, 0.15) is 45.8 Å². The number of hydrogen-bond acceptors (Lipinski definition) is 3. The van der Waals surface area contributed by atoms with Crippen LogP contribution in [0.4, 0.5) is 0 Å². The zero-order chi connectivity index (χ0) is 11.5. The van der Waals surface area contributed by atoms with Crippen molar-refractivity contribution in [2.75, 3.05) is 0 Å². The topological polar surface area (TPSA) is 46.0 Å². The molecule has 84 valence electrons. The van der Waals surface area contributed by atoms with Gasteiger partial charge in [-0.2, -0.15) is 0 Å². The number of aliphatic hydroxyl groups excluding tert-OH is 1. The molecule has 0 fully saturated rings. The van der Waals surface area contributed by atoms with Crippen LogP contribution in [0.25, 0.3) is 0 Å². The summed E-state index contributed by atoms with van der Waals surface area (Å²) in [5, 5.41) is 9.97. The zero-order valence-electron chi connectivity index (χ0n) is 9.94. The summed E-state index contributed by atoms with van der Waals surface area (Å²) in [6, 6.07) is 0. The minimum absolute atomic E-state index is 0.219. The third-order valence-corrected chi connectivity index (χ3v) is 3.02. The lowest BCUT2D eigenvalue weighted by Gasteiger charge is -2.29. The van der Waals surface area contributed by atoms with Gasteiger partial charge in [-0.15, -0.1) is 0 Å². The third kappa shape index (κ3) is 3.59. The Balaban J connectivity index is 2.61. The fourth-order valence-electron chi connectivity index (χ4n) is 1.31. The van der Waals surface area contributed by atoms with Crippen LogP contribution >= 0.6 is 0 Å². The number of nitrogens with zero attached hydrogens (tertiary/aromatic N) is 2. The van der Waals surface area contributed by atoms with Crippen LogP contribution in [0.2, 0.25) is 0 Å². The van der Waals surface area contributed by atoms with Gasteiger partial charge in [0.05, 0.1) is 6.10 Å². The Hall–Kier alpha value is -0.960. The van der Waals surface area contributed by atoms with Crippen LogP contribution < -0.4 is 0 Å². The van der Waals surface area contributed by atoms with E-state index in [0.717, 1.165) is 12.0 Å². The van der Waals surface area contributed by atoms with Crippen LogP contribution in [0.5, 0.6) is 0 Å². The lowest BCUT2D eigenvalue weighted by Crippen LogP contribution is -2.19. The lowest BCUT2D eigenvalue weighted by molar-refractivity contribution is 0.110. The maximum Gasteiger partial charge on any atom is 0.115 e. The summed E-state index contributed by atoms with van der Waals surface area (Å²) in [7, 11) is 0. The number of rotatable bonds is 3. The van der Waals surface area contributed by atoms with Gasteiger partial charge in [-0.05, 0) is 17.8 Å². The van der Waals surface area contributed by atoms with E-state index in [9.17, 15) is 5.11 Å². The molecule has 3 nitrogen and oxygen atoms in total. The van der Waals surface area contributed by atoms with Crippen molar-refractivity contribution in [1.29, 1.82) is 0 Å². The van der Waals surface area contributed by atoms with Gasteiger partial charge >= 0.3 is 0 Å². The zero-order valence-corrected chi connectivity index (χ0v) is 9.94. The smallest absolute Gasteiger partial charge is 0.115 e. The molecule has 0 saturated carbocycles. The van der Waals surface area contributed by atoms with E-state index >= 15 is 0 Å². The third-order valence-electron chi connectivity index (χ3n) is 3.02. The molecule has 2 atom stereocenters. The Bertz CT molecular complexity index is 292. The summed E-state index contributed by atoms with van der Waals surface area (Å²) in [6.07, 6.45) is 5.11. The quantitative estimate of drug-likeness (QED) is 0.830. The van der Waals surface area contributed by atoms with E-state index in [-0.39, 0.29) is 5.41 Å². The summed E-state index contributed by atoms with van der Waals surface area (Å²) < 4.78 is 0. The van der Waals surface area contributed by atoms with Crippen molar-refractivity contribution >= 4 is 0 Å². The Morgan fingerprint density at radius 2 is 1.80 bits per heavy atom. The highest BCUT2D eigenvalue weighted by Crippen LogP contribution is 2.32. The largest absolute Gasteiger partial charge is 0.388 e. The van der Waals surface area contributed by atoms with Gasteiger partial charge < -0.3 is 5.11 Å². The molecule has 3 heteroatoms. The molecule has 1 heterocycles. The highest BCUT2D eigenvalue weighted by molar-refractivity contribution is 5.06. The van der Waals surface area contributed by atoms with Gasteiger partial charge in [-0.1, -0.05) is 27.7 Å². The van der Waals surface area contributed by atoms with E-state index in [0.29, 0.717) is 5.92 Å². The number of aromatic nitrogens is 2. The molecule has 0 saturated heterocycles. The van der Waals surface area contributed by atoms with Crippen LogP contribution in [0.3, 0.4) is 0 Å². The van der Waals surface area contributed by atoms with Gasteiger partial charge in [0, 0.05) is 18.0 Å². The summed E-state index contributed by atoms with van der Waals surface area (Å²) in [5.41, 5.74) is 1.02. The van der Waals surface area contributed by atoms with Crippen LogP contribution in [0.15, 0.2) is 18.7 Å². The Kier molecular flexibility index (Phi) is 3.80. The Labute approximate surface area is 91.6 Å². The first-order chi connectivity index (χ1) is 6.91. The van der Waals surface area contributed by atoms with Crippen molar-refractivity contribution in [3.63, 3.8) is 0 Å². The second kappa shape index (κ2) is 4.71. The maximum absolute atomic E-state index is 9.97. The average Bonchev–Trinajstić information content (AvgIpc) is 2.17. The summed E-state index contributed by atoms with van der Waals surface area (Å²) >= 11 is 0. The van der Waals surface area contributed by atoms with Crippen molar-refractivity contribution in [3.8, 4) is 0 Å². The molecule has 0 amide bonds. The van der Waals surface area contributed by atoms with Crippen molar-refractivity contribution in [2.45, 2.75) is 40.2 Å². The van der Waals surface area contributed by atoms with Crippen LogP contribution in [-0.2, 0) is 0 Å². The SMILES string of the molecule is CC(CC(O)c1cncnc1)C(C)(C)C. The monoisotopic (exact) mass is 208 g/mol. The molecule has 0 radical (unpaired) electrons. The van der Waals surface area contributed by atoms with E-state index in [2.05, 4.69) is 37.7 Å². The molecular formula is C12H20N2O. The average molecular weight is 208 g/mol. The summed E-state index contributed by atoms with van der Waals surface area (Å²) in [4.78, 5) is 7.81. The highest BCUT2D eigenvalue weighted by atomic mass is 16.3. The van der Waals surface area contributed by atoms with Crippen LogP contribution in [-0.4, -0.2) is 15.1 Å². The van der Waals surface area contributed by atoms with Crippen molar-refractivity contribution in [2.24, 2.45) is 11.3 Å². The molecule has 0 spiro atoms. The van der Waals surface area contributed by atoms with Crippen molar-refractivity contribution in [3.05, 3.63) is 24.3 Å². The Morgan fingerprint density at radius 1 is 1.27 bits per heavy atom.